The minimum atomic E-state index is -0.288. The molecule has 0 fully saturated rings. The topological polar surface area (TPSA) is 24.7 Å². The molecule has 0 aromatic heterocycles. The van der Waals surface area contributed by atoms with Crippen LogP contribution in [0.3, 0.4) is 0 Å². The molecule has 0 N–H and O–H groups in total. The van der Waals surface area contributed by atoms with Gasteiger partial charge in [0.15, 0.2) is 5.84 Å². The molecule has 0 heterocycles. The molecule has 1 atom stereocenters. The number of amidine groups is 1. The third kappa shape index (κ3) is 6.31. The minimum absolute atomic E-state index is 0.288. The molecular formula is C44H34N2S. The lowest BCUT2D eigenvalue weighted by Gasteiger charge is -2.19. The van der Waals surface area contributed by atoms with Gasteiger partial charge in [-0.25, -0.2) is 4.99 Å². The van der Waals surface area contributed by atoms with Crippen LogP contribution in [0.1, 0.15) is 22.7 Å². The zero-order valence-electron chi connectivity index (χ0n) is 26.3. The maximum atomic E-state index is 5.40. The van der Waals surface area contributed by atoms with E-state index in [1.165, 1.54) is 37.9 Å². The summed E-state index contributed by atoms with van der Waals surface area (Å²) in [6, 6.07) is 59.6. The molecule has 226 valence electrons. The second-order valence-corrected chi connectivity index (χ2v) is 12.2. The van der Waals surface area contributed by atoms with Crippen LogP contribution in [0.15, 0.2) is 185 Å². The Morgan fingerprint density at radius 3 is 1.74 bits per heavy atom. The van der Waals surface area contributed by atoms with E-state index in [2.05, 4.69) is 176 Å². The minimum Gasteiger partial charge on any atom is -0.253 e. The maximum absolute atomic E-state index is 5.40. The average Bonchev–Trinajstić information content (AvgIpc) is 3.16. The molecule has 0 aliphatic rings. The van der Waals surface area contributed by atoms with Crippen LogP contribution in [0.25, 0.3) is 44.2 Å². The van der Waals surface area contributed by atoms with Crippen molar-refractivity contribution in [3.63, 3.8) is 0 Å². The summed E-state index contributed by atoms with van der Waals surface area (Å²) in [5.74, 6) is 0.620. The molecule has 0 spiro atoms. The summed E-state index contributed by atoms with van der Waals surface area (Å²) >= 11 is 1.73. The fourth-order valence-electron chi connectivity index (χ4n) is 6.26. The monoisotopic (exact) mass is 622 g/mol. The SMILES string of the molecule is C=NC(=NC(c1ccc(-c2ccccc2)cc1)c1ccc(-c2cccc3ccccc23)cc1)c1cccc(SC)c1-c1ccccc1. The van der Waals surface area contributed by atoms with Crippen LogP contribution < -0.4 is 0 Å². The molecule has 47 heavy (non-hydrogen) atoms. The van der Waals surface area contributed by atoms with E-state index < -0.39 is 0 Å². The fraction of sp³-hybridized carbons (Fsp3) is 0.0455. The number of thioether (sulfide) groups is 1. The largest absolute Gasteiger partial charge is 0.253 e. The summed E-state index contributed by atoms with van der Waals surface area (Å²) in [7, 11) is 0. The molecule has 0 saturated heterocycles. The molecule has 7 aromatic carbocycles. The molecule has 0 bridgehead atoms. The maximum Gasteiger partial charge on any atom is 0.155 e. The van der Waals surface area contributed by atoms with Gasteiger partial charge in [0.25, 0.3) is 0 Å². The van der Waals surface area contributed by atoms with E-state index in [0.29, 0.717) is 5.84 Å². The van der Waals surface area contributed by atoms with Crippen LogP contribution in [-0.4, -0.2) is 18.8 Å². The van der Waals surface area contributed by atoms with Crippen LogP contribution in [-0.2, 0) is 0 Å². The first-order valence-electron chi connectivity index (χ1n) is 15.7. The first-order chi connectivity index (χ1) is 23.2. The van der Waals surface area contributed by atoms with Gasteiger partial charge >= 0.3 is 0 Å². The van der Waals surface area contributed by atoms with E-state index in [4.69, 9.17) is 4.99 Å². The molecule has 3 heteroatoms. The highest BCUT2D eigenvalue weighted by Crippen LogP contribution is 2.37. The quantitative estimate of drug-likeness (QED) is 0.0940. The summed E-state index contributed by atoms with van der Waals surface area (Å²) in [6.45, 7) is 4.02. The Bertz CT molecular complexity index is 2160. The van der Waals surface area contributed by atoms with Crippen LogP contribution in [0, 0.1) is 0 Å². The highest BCUT2D eigenvalue weighted by molar-refractivity contribution is 7.98. The summed E-state index contributed by atoms with van der Waals surface area (Å²) in [5, 5.41) is 2.48. The van der Waals surface area contributed by atoms with Gasteiger partial charge in [0.05, 0.1) is 0 Å². The first-order valence-corrected chi connectivity index (χ1v) is 17.0. The van der Waals surface area contributed by atoms with Gasteiger partial charge in [-0.1, -0.05) is 164 Å². The van der Waals surface area contributed by atoms with Gasteiger partial charge in [-0.15, -0.1) is 11.8 Å². The highest BCUT2D eigenvalue weighted by Gasteiger charge is 2.19. The fourth-order valence-corrected chi connectivity index (χ4v) is 6.91. The zero-order chi connectivity index (χ0) is 32.0. The van der Waals surface area contributed by atoms with E-state index >= 15 is 0 Å². The Hall–Kier alpha value is -5.51. The van der Waals surface area contributed by atoms with Gasteiger partial charge in [0, 0.05) is 16.0 Å². The number of benzene rings is 7. The molecule has 7 aromatic rings. The third-order valence-corrected chi connectivity index (χ3v) is 9.39. The number of hydrogen-bond acceptors (Lipinski definition) is 2. The van der Waals surface area contributed by atoms with E-state index in [9.17, 15) is 0 Å². The Kier molecular flexibility index (Phi) is 8.90. The highest BCUT2D eigenvalue weighted by atomic mass is 32.2. The van der Waals surface area contributed by atoms with E-state index in [1.807, 2.05) is 12.1 Å². The predicted molar refractivity (Wildman–Crippen MR) is 203 cm³/mol. The van der Waals surface area contributed by atoms with Crippen molar-refractivity contribution in [1.82, 2.24) is 0 Å². The lowest BCUT2D eigenvalue weighted by atomic mass is 9.93. The number of hydrogen-bond donors (Lipinski definition) is 0. The summed E-state index contributed by atoms with van der Waals surface area (Å²) in [6.07, 6.45) is 2.11. The number of rotatable bonds is 8. The van der Waals surface area contributed by atoms with Crippen LogP contribution in [0.4, 0.5) is 0 Å². The Morgan fingerprint density at radius 2 is 1.09 bits per heavy atom. The summed E-state index contributed by atoms with van der Waals surface area (Å²) in [4.78, 5) is 11.1. The van der Waals surface area contributed by atoms with Gasteiger partial charge in [-0.05, 0) is 68.8 Å². The van der Waals surface area contributed by atoms with Crippen molar-refractivity contribution in [3.8, 4) is 33.4 Å². The summed E-state index contributed by atoms with van der Waals surface area (Å²) < 4.78 is 0. The Labute approximate surface area is 281 Å². The molecule has 0 radical (unpaired) electrons. The molecule has 2 nitrogen and oxygen atoms in total. The van der Waals surface area contributed by atoms with Crippen LogP contribution in [0.5, 0.6) is 0 Å². The molecule has 0 aliphatic carbocycles. The van der Waals surface area contributed by atoms with Gasteiger partial charge in [-0.2, -0.15) is 0 Å². The Balaban J connectivity index is 1.35. The molecule has 0 amide bonds. The van der Waals surface area contributed by atoms with E-state index in [1.54, 1.807) is 11.8 Å². The van der Waals surface area contributed by atoms with Gasteiger partial charge in [0.1, 0.15) is 6.04 Å². The lowest BCUT2D eigenvalue weighted by Crippen LogP contribution is -2.07. The van der Waals surface area contributed by atoms with Gasteiger partial charge in [-0.3, -0.25) is 4.99 Å². The predicted octanol–water partition coefficient (Wildman–Crippen LogP) is 11.8. The number of nitrogens with zero attached hydrogens (tertiary/aromatic N) is 2. The second-order valence-electron chi connectivity index (χ2n) is 11.4. The molecular weight excluding hydrogens is 589 g/mol. The van der Waals surface area contributed by atoms with E-state index in [0.717, 1.165) is 27.8 Å². The van der Waals surface area contributed by atoms with Crippen molar-refractivity contribution in [3.05, 3.63) is 187 Å². The van der Waals surface area contributed by atoms with Crippen molar-refractivity contribution in [2.75, 3.05) is 6.26 Å². The smallest absolute Gasteiger partial charge is 0.155 e. The normalized spacial score (nSPS) is 12.1. The van der Waals surface area contributed by atoms with Crippen LogP contribution >= 0.6 is 11.8 Å². The molecule has 1 unspecified atom stereocenters. The van der Waals surface area contributed by atoms with E-state index in [-0.39, 0.29) is 6.04 Å². The van der Waals surface area contributed by atoms with Crippen molar-refractivity contribution in [2.24, 2.45) is 9.98 Å². The molecule has 7 rings (SSSR count). The Morgan fingerprint density at radius 1 is 0.532 bits per heavy atom. The number of fused-ring (bicyclic) bond motifs is 1. The number of aliphatic imine (C=N–C) groups is 2. The average molecular weight is 623 g/mol. The lowest BCUT2D eigenvalue weighted by molar-refractivity contribution is 0.871. The second kappa shape index (κ2) is 13.9. The van der Waals surface area contributed by atoms with Crippen molar-refractivity contribution >= 4 is 35.1 Å². The standard InChI is InChI=1S/C44H34N2S/c1-45-44(40-21-12-22-41(47-2)42(40)35-16-7-4-8-17-35)46-43(36-27-23-32(24-28-36)31-13-5-3-6-14-31)37-29-25-34(26-30-37)39-20-11-18-33-15-9-10-19-38(33)39/h3-30,43H,1H2,2H3. The van der Waals surface area contributed by atoms with Crippen molar-refractivity contribution < 1.29 is 0 Å². The van der Waals surface area contributed by atoms with Gasteiger partial charge < -0.3 is 0 Å². The van der Waals surface area contributed by atoms with Crippen molar-refractivity contribution in [1.29, 1.82) is 0 Å². The van der Waals surface area contributed by atoms with Crippen LogP contribution in [0.2, 0.25) is 0 Å². The third-order valence-electron chi connectivity index (χ3n) is 8.61. The van der Waals surface area contributed by atoms with Gasteiger partial charge in [0.2, 0.25) is 0 Å². The first kappa shape index (κ1) is 30.2. The van der Waals surface area contributed by atoms with Crippen molar-refractivity contribution in [2.45, 2.75) is 10.9 Å². The summed E-state index contributed by atoms with van der Waals surface area (Å²) in [5.41, 5.74) is 10.2. The molecule has 0 aliphatic heterocycles. The zero-order valence-corrected chi connectivity index (χ0v) is 27.1. The molecule has 0 saturated carbocycles.